The van der Waals surface area contributed by atoms with E-state index in [1.165, 1.54) is 24.3 Å². The van der Waals surface area contributed by atoms with E-state index in [4.69, 9.17) is 0 Å². The van der Waals surface area contributed by atoms with E-state index in [0.29, 0.717) is 24.0 Å². The molecule has 0 unspecified atom stereocenters. The Morgan fingerprint density at radius 2 is 1.51 bits per heavy atom. The van der Waals surface area contributed by atoms with E-state index in [-0.39, 0.29) is 35.1 Å². The first-order valence-corrected chi connectivity index (χ1v) is 11.3. The highest BCUT2D eigenvalue weighted by atomic mass is 19.4. The first-order chi connectivity index (χ1) is 16.7. The number of halogens is 3. The van der Waals surface area contributed by atoms with E-state index in [0.717, 1.165) is 18.4 Å². The fraction of sp³-hybridized carbons (Fsp3) is 0.269. The number of benzene rings is 2. The number of alkyl halides is 3. The normalized spacial score (nSPS) is 16.3. The topological polar surface area (TPSA) is 80.3 Å². The Hall–Kier alpha value is -3.88. The van der Waals surface area contributed by atoms with Gasteiger partial charge in [0, 0.05) is 5.92 Å². The highest BCUT2D eigenvalue weighted by Gasteiger charge is 2.51. The van der Waals surface area contributed by atoms with E-state index in [1.807, 2.05) is 30.3 Å². The maximum absolute atomic E-state index is 13.2. The summed E-state index contributed by atoms with van der Waals surface area (Å²) >= 11 is 0. The fourth-order valence-electron chi connectivity index (χ4n) is 4.01. The van der Waals surface area contributed by atoms with Crippen molar-refractivity contribution < 1.29 is 27.5 Å². The first kappa shape index (κ1) is 22.9. The van der Waals surface area contributed by atoms with Crippen LogP contribution in [0.25, 0.3) is 11.1 Å². The monoisotopic (exact) mass is 481 g/mol. The second kappa shape index (κ2) is 8.72. The van der Waals surface area contributed by atoms with Crippen molar-refractivity contribution >= 4 is 23.5 Å². The third-order valence-corrected chi connectivity index (χ3v) is 6.20. The maximum Gasteiger partial charge on any atom is 0.573 e. The Kier molecular flexibility index (Phi) is 5.70. The molecule has 2 fully saturated rings. The van der Waals surface area contributed by atoms with Gasteiger partial charge in [0.15, 0.2) is 0 Å². The average Bonchev–Trinajstić information content (AvgIpc) is 3.73. The number of carbonyl (C=O) groups excluding carboxylic acids is 2. The highest BCUT2D eigenvalue weighted by Crippen LogP contribution is 2.49. The van der Waals surface area contributed by atoms with E-state index in [1.54, 1.807) is 12.1 Å². The molecule has 5 rings (SSSR count). The van der Waals surface area contributed by atoms with Gasteiger partial charge in [-0.25, -0.2) is 4.98 Å². The number of nitrogens with one attached hydrogen (secondary N) is 2. The molecule has 1 aromatic heterocycles. The third kappa shape index (κ3) is 5.29. The highest BCUT2D eigenvalue weighted by molar-refractivity contribution is 6.01. The number of hydrogen-bond acceptors (Lipinski definition) is 4. The summed E-state index contributed by atoms with van der Waals surface area (Å²) in [7, 11) is 0. The van der Waals surface area contributed by atoms with Crippen molar-refractivity contribution in [3.05, 3.63) is 72.3 Å². The molecule has 0 saturated heterocycles. The van der Waals surface area contributed by atoms with Crippen LogP contribution in [0.2, 0.25) is 0 Å². The molecule has 35 heavy (non-hydrogen) atoms. The zero-order valence-electron chi connectivity index (χ0n) is 18.6. The maximum atomic E-state index is 13.2. The van der Waals surface area contributed by atoms with Gasteiger partial charge in [-0.2, -0.15) is 0 Å². The van der Waals surface area contributed by atoms with Crippen molar-refractivity contribution in [1.82, 2.24) is 4.98 Å². The predicted molar refractivity (Wildman–Crippen MR) is 124 cm³/mol. The van der Waals surface area contributed by atoms with Crippen LogP contribution in [-0.4, -0.2) is 23.2 Å². The Morgan fingerprint density at radius 1 is 0.886 bits per heavy atom. The molecule has 9 heteroatoms. The van der Waals surface area contributed by atoms with Crippen LogP contribution in [0.3, 0.4) is 0 Å². The second-order valence-corrected chi connectivity index (χ2v) is 8.86. The lowest BCUT2D eigenvalue weighted by atomic mass is 9.95. The molecular weight excluding hydrogens is 459 g/mol. The van der Waals surface area contributed by atoms with Crippen molar-refractivity contribution in [3.8, 4) is 16.9 Å². The number of anilines is 2. The molecular formula is C26H22F3N3O3. The molecule has 2 aliphatic carbocycles. The molecule has 3 aromatic rings. The summed E-state index contributed by atoms with van der Waals surface area (Å²) in [5.41, 5.74) is 1.46. The number of nitrogens with zero attached hydrogens (tertiary/aromatic N) is 1. The minimum absolute atomic E-state index is 0.0508. The second-order valence-electron chi connectivity index (χ2n) is 8.86. The Balaban J connectivity index is 1.42. The van der Waals surface area contributed by atoms with Crippen LogP contribution in [0.4, 0.5) is 24.8 Å². The number of rotatable bonds is 7. The van der Waals surface area contributed by atoms with Crippen LogP contribution >= 0.6 is 0 Å². The van der Waals surface area contributed by atoms with Crippen molar-refractivity contribution in [2.45, 2.75) is 37.5 Å². The van der Waals surface area contributed by atoms with Crippen LogP contribution in [-0.2, 0) is 15.0 Å². The molecule has 2 amide bonds. The van der Waals surface area contributed by atoms with E-state index in [2.05, 4.69) is 20.4 Å². The minimum atomic E-state index is -4.78. The fourth-order valence-corrected chi connectivity index (χ4v) is 4.01. The van der Waals surface area contributed by atoms with Gasteiger partial charge in [-0.05, 0) is 66.6 Å². The minimum Gasteiger partial charge on any atom is -0.406 e. The summed E-state index contributed by atoms with van der Waals surface area (Å²) in [6.07, 6.45) is -1.72. The molecule has 2 N–H and O–H groups in total. The molecule has 2 saturated carbocycles. The van der Waals surface area contributed by atoms with Crippen LogP contribution in [0.5, 0.6) is 5.75 Å². The number of hydrogen-bond donors (Lipinski definition) is 2. The quantitative estimate of drug-likeness (QED) is 0.456. The molecule has 0 bridgehead atoms. The van der Waals surface area contributed by atoms with Crippen molar-refractivity contribution in [3.63, 3.8) is 0 Å². The predicted octanol–water partition coefficient (Wildman–Crippen LogP) is 5.67. The average molecular weight is 481 g/mol. The summed E-state index contributed by atoms with van der Waals surface area (Å²) in [4.78, 5) is 30.0. The number of amides is 2. The van der Waals surface area contributed by atoms with E-state index in [9.17, 15) is 22.8 Å². The Bertz CT molecular complexity index is 1250. The van der Waals surface area contributed by atoms with E-state index < -0.39 is 11.8 Å². The molecule has 0 aliphatic heterocycles. The van der Waals surface area contributed by atoms with Gasteiger partial charge < -0.3 is 15.4 Å². The molecule has 1 heterocycles. The van der Waals surface area contributed by atoms with Gasteiger partial charge in [0.25, 0.3) is 0 Å². The molecule has 0 radical (unpaired) electrons. The summed E-state index contributed by atoms with van der Waals surface area (Å²) in [6, 6.07) is 18.1. The lowest BCUT2D eigenvalue weighted by molar-refractivity contribution is -0.274. The van der Waals surface area contributed by atoms with Gasteiger partial charge >= 0.3 is 6.36 Å². The summed E-state index contributed by atoms with van der Waals surface area (Å²) < 4.78 is 41.4. The first-order valence-electron chi connectivity index (χ1n) is 11.3. The standard InChI is InChI=1S/C26H22F3N3O3/c27-26(28,29)35-20-10-8-16(9-11-20)18-14-21(31-23(33)17-6-7-17)30-22(15-18)32-24(34)25(12-13-25)19-4-2-1-3-5-19/h1-5,8-11,14-15,17H,6-7,12-13H2,(H2,30,31,32,33,34). The van der Waals surface area contributed by atoms with Gasteiger partial charge in [-0.15, -0.1) is 13.2 Å². The van der Waals surface area contributed by atoms with Crippen LogP contribution in [0.15, 0.2) is 66.7 Å². The zero-order chi connectivity index (χ0) is 24.6. The Labute approximate surface area is 199 Å². The van der Waals surface area contributed by atoms with Gasteiger partial charge in [0.2, 0.25) is 11.8 Å². The largest absolute Gasteiger partial charge is 0.573 e. The summed E-state index contributed by atoms with van der Waals surface area (Å²) in [5.74, 6) is -0.230. The number of pyridine rings is 1. The molecule has 2 aromatic carbocycles. The smallest absolute Gasteiger partial charge is 0.406 e. The molecule has 6 nitrogen and oxygen atoms in total. The van der Waals surface area contributed by atoms with Crippen LogP contribution in [0, 0.1) is 5.92 Å². The van der Waals surface area contributed by atoms with Crippen molar-refractivity contribution in [2.24, 2.45) is 5.92 Å². The number of carbonyl (C=O) groups is 2. The number of aromatic nitrogens is 1. The SMILES string of the molecule is O=C(Nc1cc(-c2ccc(OC(F)(F)F)cc2)cc(NC(=O)C2(c3ccccc3)CC2)n1)C1CC1. The lowest BCUT2D eigenvalue weighted by Gasteiger charge is -2.17. The van der Waals surface area contributed by atoms with Gasteiger partial charge in [-0.3, -0.25) is 9.59 Å². The summed E-state index contributed by atoms with van der Waals surface area (Å²) in [6.45, 7) is 0. The Morgan fingerprint density at radius 3 is 2.09 bits per heavy atom. The van der Waals surface area contributed by atoms with Crippen molar-refractivity contribution in [2.75, 3.05) is 10.6 Å². The van der Waals surface area contributed by atoms with Crippen LogP contribution < -0.4 is 15.4 Å². The zero-order valence-corrected chi connectivity index (χ0v) is 18.6. The molecule has 2 aliphatic rings. The molecule has 0 spiro atoms. The molecule has 0 atom stereocenters. The van der Waals surface area contributed by atoms with Gasteiger partial charge in [0.1, 0.15) is 17.4 Å². The number of ether oxygens (including phenoxy) is 1. The van der Waals surface area contributed by atoms with E-state index >= 15 is 0 Å². The molecule has 180 valence electrons. The lowest BCUT2D eigenvalue weighted by Crippen LogP contribution is -2.28. The third-order valence-electron chi connectivity index (χ3n) is 6.20. The van der Waals surface area contributed by atoms with Gasteiger partial charge in [0.05, 0.1) is 5.41 Å². The van der Waals surface area contributed by atoms with Gasteiger partial charge in [-0.1, -0.05) is 42.5 Å². The van der Waals surface area contributed by atoms with Crippen LogP contribution in [0.1, 0.15) is 31.2 Å². The summed E-state index contributed by atoms with van der Waals surface area (Å²) in [5, 5.41) is 5.66. The van der Waals surface area contributed by atoms with Crippen molar-refractivity contribution in [1.29, 1.82) is 0 Å².